The van der Waals surface area contributed by atoms with Gasteiger partial charge in [-0.25, -0.2) is 17.2 Å². The van der Waals surface area contributed by atoms with E-state index in [-0.39, 0.29) is 12.6 Å². The van der Waals surface area contributed by atoms with E-state index >= 15 is 0 Å². The van der Waals surface area contributed by atoms with Gasteiger partial charge in [-0.2, -0.15) is 4.31 Å². The van der Waals surface area contributed by atoms with Crippen molar-refractivity contribution in [3.05, 3.63) is 23.8 Å². The molecule has 0 saturated heterocycles. The molecule has 4 nitrogen and oxygen atoms in total. The predicted octanol–water partition coefficient (Wildman–Crippen LogP) is 2.89. The number of benzene rings is 1. The van der Waals surface area contributed by atoms with Gasteiger partial charge in [0.2, 0.25) is 10.0 Å². The monoisotopic (exact) mass is 318 g/mol. The van der Waals surface area contributed by atoms with Crippen LogP contribution in [0.1, 0.15) is 39.0 Å². The summed E-state index contributed by atoms with van der Waals surface area (Å²) < 4.78 is 53.9. The van der Waals surface area contributed by atoms with Gasteiger partial charge < -0.3 is 5.73 Å². The number of nitrogens with two attached hydrogens (primary N) is 1. The fourth-order valence-corrected chi connectivity index (χ4v) is 4.64. The predicted molar refractivity (Wildman–Crippen MR) is 77.2 cm³/mol. The van der Waals surface area contributed by atoms with Crippen molar-refractivity contribution in [3.63, 3.8) is 0 Å². The van der Waals surface area contributed by atoms with E-state index in [0.29, 0.717) is 0 Å². The Morgan fingerprint density at radius 2 is 1.86 bits per heavy atom. The maximum absolute atomic E-state index is 14.1. The zero-order valence-electron chi connectivity index (χ0n) is 12.0. The third kappa shape index (κ3) is 3.03. The highest BCUT2D eigenvalue weighted by Crippen LogP contribution is 2.30. The second-order valence-corrected chi connectivity index (χ2v) is 7.13. The molecule has 0 bridgehead atoms. The number of nitrogens with zero attached hydrogens (tertiary/aromatic N) is 1. The van der Waals surface area contributed by atoms with Crippen molar-refractivity contribution in [2.45, 2.75) is 50.0 Å². The average molecular weight is 318 g/mol. The molecule has 118 valence electrons. The molecule has 0 unspecified atom stereocenters. The van der Waals surface area contributed by atoms with Crippen LogP contribution in [-0.2, 0) is 10.0 Å². The SMILES string of the molecule is CCN(C1CCCCC1)S(=O)(=O)c1ccc(F)c(N)c1F. The summed E-state index contributed by atoms with van der Waals surface area (Å²) in [6, 6.07) is 1.71. The Kier molecular flexibility index (Phi) is 4.83. The Bertz CT molecular complexity index is 614. The maximum atomic E-state index is 14.1. The van der Waals surface area contributed by atoms with Gasteiger partial charge in [-0.1, -0.05) is 26.2 Å². The Labute approximate surface area is 124 Å². The number of rotatable bonds is 4. The molecule has 1 aliphatic rings. The van der Waals surface area contributed by atoms with E-state index in [1.54, 1.807) is 6.92 Å². The molecule has 1 aromatic rings. The van der Waals surface area contributed by atoms with Crippen LogP contribution in [0.25, 0.3) is 0 Å². The van der Waals surface area contributed by atoms with Crippen LogP contribution in [0.4, 0.5) is 14.5 Å². The lowest BCUT2D eigenvalue weighted by Crippen LogP contribution is -2.41. The summed E-state index contributed by atoms with van der Waals surface area (Å²) >= 11 is 0. The Hall–Kier alpha value is -1.21. The summed E-state index contributed by atoms with van der Waals surface area (Å²) in [5.41, 5.74) is 4.51. The van der Waals surface area contributed by atoms with E-state index in [1.165, 1.54) is 4.31 Å². The van der Waals surface area contributed by atoms with Crippen molar-refractivity contribution in [1.29, 1.82) is 0 Å². The highest BCUT2D eigenvalue weighted by molar-refractivity contribution is 7.89. The Morgan fingerprint density at radius 3 is 2.43 bits per heavy atom. The van der Waals surface area contributed by atoms with Crippen LogP contribution in [0, 0.1) is 11.6 Å². The number of halogens is 2. The number of hydrogen-bond donors (Lipinski definition) is 1. The van der Waals surface area contributed by atoms with Crippen LogP contribution in [0.5, 0.6) is 0 Å². The summed E-state index contributed by atoms with van der Waals surface area (Å²) in [6.45, 7) is 1.97. The molecule has 0 aliphatic heterocycles. The van der Waals surface area contributed by atoms with Crippen molar-refractivity contribution < 1.29 is 17.2 Å². The third-order valence-corrected chi connectivity index (χ3v) is 6.02. The van der Waals surface area contributed by atoms with Gasteiger partial charge in [-0.15, -0.1) is 0 Å². The second-order valence-electron chi connectivity index (χ2n) is 5.27. The van der Waals surface area contributed by atoms with Crippen molar-refractivity contribution in [2.24, 2.45) is 0 Å². The first kappa shape index (κ1) is 16.2. The lowest BCUT2D eigenvalue weighted by atomic mass is 9.95. The highest BCUT2D eigenvalue weighted by atomic mass is 32.2. The Morgan fingerprint density at radius 1 is 1.24 bits per heavy atom. The van der Waals surface area contributed by atoms with E-state index < -0.39 is 32.2 Å². The standard InChI is InChI=1S/C14H20F2N2O2S/c1-2-18(10-6-4-3-5-7-10)21(19,20)12-9-8-11(15)14(17)13(12)16/h8-10H,2-7,17H2,1H3. The molecular weight excluding hydrogens is 298 g/mol. The average Bonchev–Trinajstić information content (AvgIpc) is 2.46. The van der Waals surface area contributed by atoms with Crippen LogP contribution in [0.15, 0.2) is 17.0 Å². The quantitative estimate of drug-likeness (QED) is 0.868. The molecule has 0 spiro atoms. The van der Waals surface area contributed by atoms with Crippen LogP contribution >= 0.6 is 0 Å². The van der Waals surface area contributed by atoms with Crippen LogP contribution in [0.2, 0.25) is 0 Å². The Balaban J connectivity index is 2.42. The van der Waals surface area contributed by atoms with Gasteiger partial charge in [0.05, 0.1) is 0 Å². The molecule has 1 aromatic carbocycles. The largest absolute Gasteiger partial charge is 0.394 e. The van der Waals surface area contributed by atoms with Gasteiger partial charge in [0.25, 0.3) is 0 Å². The number of nitrogen functional groups attached to an aromatic ring is 1. The van der Waals surface area contributed by atoms with Gasteiger partial charge in [0, 0.05) is 12.6 Å². The summed E-state index contributed by atoms with van der Waals surface area (Å²) in [6.07, 6.45) is 4.55. The minimum absolute atomic E-state index is 0.126. The molecule has 1 fully saturated rings. The first-order valence-electron chi connectivity index (χ1n) is 7.15. The molecule has 21 heavy (non-hydrogen) atoms. The molecule has 0 aromatic heterocycles. The fraction of sp³-hybridized carbons (Fsp3) is 0.571. The summed E-state index contributed by atoms with van der Waals surface area (Å²) in [7, 11) is -4.01. The molecule has 1 aliphatic carbocycles. The van der Waals surface area contributed by atoms with E-state index in [9.17, 15) is 17.2 Å². The summed E-state index contributed by atoms with van der Waals surface area (Å²) in [5.74, 6) is -2.16. The topological polar surface area (TPSA) is 63.4 Å². The van der Waals surface area contributed by atoms with E-state index in [0.717, 1.165) is 44.2 Å². The molecule has 0 radical (unpaired) electrons. The summed E-state index contributed by atoms with van der Waals surface area (Å²) in [5, 5.41) is 0. The number of hydrogen-bond acceptors (Lipinski definition) is 3. The molecule has 1 saturated carbocycles. The van der Waals surface area contributed by atoms with Crippen molar-refractivity contribution in [2.75, 3.05) is 12.3 Å². The van der Waals surface area contributed by atoms with Crippen molar-refractivity contribution in [1.82, 2.24) is 4.31 Å². The van der Waals surface area contributed by atoms with E-state index in [2.05, 4.69) is 0 Å². The molecule has 2 rings (SSSR count). The highest BCUT2D eigenvalue weighted by Gasteiger charge is 2.33. The lowest BCUT2D eigenvalue weighted by molar-refractivity contribution is 0.260. The zero-order chi connectivity index (χ0) is 15.6. The minimum atomic E-state index is -4.01. The van der Waals surface area contributed by atoms with Crippen molar-refractivity contribution >= 4 is 15.7 Å². The van der Waals surface area contributed by atoms with Crippen molar-refractivity contribution in [3.8, 4) is 0 Å². The van der Waals surface area contributed by atoms with E-state index in [1.807, 2.05) is 0 Å². The van der Waals surface area contributed by atoms with Gasteiger partial charge in [0.15, 0.2) is 5.82 Å². The molecule has 0 atom stereocenters. The van der Waals surface area contributed by atoms with Crippen LogP contribution < -0.4 is 5.73 Å². The number of anilines is 1. The molecule has 2 N–H and O–H groups in total. The van der Waals surface area contributed by atoms with Crippen LogP contribution in [0.3, 0.4) is 0 Å². The molecule has 7 heteroatoms. The second kappa shape index (κ2) is 6.27. The zero-order valence-corrected chi connectivity index (χ0v) is 12.8. The molecular formula is C14H20F2N2O2S. The van der Waals surface area contributed by atoms with Gasteiger partial charge >= 0.3 is 0 Å². The van der Waals surface area contributed by atoms with E-state index in [4.69, 9.17) is 5.73 Å². The van der Waals surface area contributed by atoms with Gasteiger partial charge in [0.1, 0.15) is 16.4 Å². The van der Waals surface area contributed by atoms with Gasteiger partial charge in [-0.3, -0.25) is 0 Å². The first-order chi connectivity index (χ1) is 9.89. The first-order valence-corrected chi connectivity index (χ1v) is 8.59. The molecule has 0 heterocycles. The smallest absolute Gasteiger partial charge is 0.246 e. The van der Waals surface area contributed by atoms with Gasteiger partial charge in [-0.05, 0) is 25.0 Å². The lowest BCUT2D eigenvalue weighted by Gasteiger charge is -2.32. The number of sulfonamides is 1. The summed E-state index contributed by atoms with van der Waals surface area (Å²) in [4.78, 5) is -0.547. The minimum Gasteiger partial charge on any atom is -0.394 e. The fourth-order valence-electron chi connectivity index (χ4n) is 2.87. The third-order valence-electron chi connectivity index (χ3n) is 3.97. The molecule has 0 amide bonds. The van der Waals surface area contributed by atoms with Crippen LogP contribution in [-0.4, -0.2) is 25.3 Å². The normalized spacial score (nSPS) is 17.3. The maximum Gasteiger partial charge on any atom is 0.246 e.